The molecule has 2 bridgehead atoms. The summed E-state index contributed by atoms with van der Waals surface area (Å²) in [5.41, 5.74) is -3.34. The van der Waals surface area contributed by atoms with E-state index in [9.17, 15) is 28.3 Å². The Balaban J connectivity index is 1.26. The molecule has 5 aliphatic rings. The normalized spacial score (nSPS) is 24.7. The van der Waals surface area contributed by atoms with Crippen molar-refractivity contribution in [2.75, 3.05) is 36.0 Å². The number of halogens is 3. The lowest BCUT2D eigenvalue weighted by Crippen LogP contribution is -2.64. The zero-order chi connectivity index (χ0) is 45.8. The molecule has 8 heterocycles. The highest BCUT2D eigenvalue weighted by atomic mass is 19.3. The number of imide groups is 1. The highest BCUT2D eigenvalue weighted by Crippen LogP contribution is 2.49. The van der Waals surface area contributed by atoms with Crippen LogP contribution in [0.1, 0.15) is 86.1 Å². The molecule has 0 radical (unpaired) electrons. The van der Waals surface area contributed by atoms with Gasteiger partial charge in [0.25, 0.3) is 5.92 Å². The predicted octanol–water partition coefficient (Wildman–Crippen LogP) is 7.77. The number of alkyl halides is 2. The second-order valence-corrected chi connectivity index (χ2v) is 19.3. The maximum absolute atomic E-state index is 18.0. The van der Waals surface area contributed by atoms with Crippen LogP contribution >= 0.6 is 0 Å². The van der Waals surface area contributed by atoms with Crippen LogP contribution in [0.15, 0.2) is 24.3 Å². The van der Waals surface area contributed by atoms with Crippen LogP contribution in [0.5, 0.6) is 11.9 Å². The first-order chi connectivity index (χ1) is 30.1. The van der Waals surface area contributed by atoms with Gasteiger partial charge in [-0.15, -0.1) is 6.42 Å². The van der Waals surface area contributed by atoms with E-state index in [1.54, 1.807) is 71.6 Å². The number of anilines is 2. The van der Waals surface area contributed by atoms with Crippen molar-refractivity contribution >= 4 is 51.7 Å². The largest absolute Gasteiger partial charge is 0.472 e. The number of hydrogen-bond donors (Lipinski definition) is 1. The van der Waals surface area contributed by atoms with Crippen LogP contribution in [-0.4, -0.2) is 126 Å². The molecule has 3 amide bonds. The number of amides is 3. The van der Waals surface area contributed by atoms with Gasteiger partial charge in [0.15, 0.2) is 5.82 Å². The maximum Gasteiger partial charge on any atom is 0.425 e. The van der Waals surface area contributed by atoms with Crippen LogP contribution < -0.4 is 19.3 Å². The van der Waals surface area contributed by atoms with Gasteiger partial charge in [-0.1, -0.05) is 12.0 Å². The van der Waals surface area contributed by atoms with Gasteiger partial charge in [-0.3, -0.25) is 9.80 Å². The Bertz CT molecular complexity index is 2640. The van der Waals surface area contributed by atoms with Crippen molar-refractivity contribution in [2.45, 2.75) is 127 Å². The monoisotopic (exact) mass is 886 g/mol. The molecule has 5 atom stereocenters. The third-order valence-electron chi connectivity index (χ3n) is 12.5. The van der Waals surface area contributed by atoms with E-state index in [1.165, 1.54) is 11.0 Å². The molecular weight excluding hydrogens is 838 g/mol. The Morgan fingerprint density at radius 3 is 2.42 bits per heavy atom. The van der Waals surface area contributed by atoms with Gasteiger partial charge >= 0.3 is 24.3 Å². The lowest BCUT2D eigenvalue weighted by atomic mass is 9.94. The minimum absolute atomic E-state index is 0.00745. The van der Waals surface area contributed by atoms with Gasteiger partial charge < -0.3 is 29.0 Å². The number of benzene rings is 1. The molecule has 19 heteroatoms. The van der Waals surface area contributed by atoms with Gasteiger partial charge in [0.2, 0.25) is 5.88 Å². The number of pyridine rings is 2. The zero-order valence-corrected chi connectivity index (χ0v) is 36.6. The van der Waals surface area contributed by atoms with Crippen molar-refractivity contribution in [1.29, 1.82) is 0 Å². The number of fused-ring (bicyclic) bond motifs is 7. The second-order valence-electron chi connectivity index (χ2n) is 19.3. The fraction of sp³-hybridized carbons (Fsp3) is 0.533. The molecule has 1 aromatic carbocycles. The average Bonchev–Trinajstić information content (AvgIpc) is 3.78. The first-order valence-electron chi connectivity index (χ1n) is 21.4. The van der Waals surface area contributed by atoms with E-state index in [0.29, 0.717) is 37.1 Å². The zero-order valence-electron chi connectivity index (χ0n) is 36.6. The number of carboxylic acid groups (broad SMARTS) is 1. The van der Waals surface area contributed by atoms with E-state index in [2.05, 4.69) is 15.9 Å². The number of terminal acetylenes is 1. The SMILES string of the molecule is C#Cc1cccc2nc(N(C(=O)OC(C)(C)C)C(=O)OC(C)(C)C)cc(-c3nc4c5c(nc(OCC67CCCN6CC(F)(F)C7)nc5c3F)N3CC5CCC(C3C(C)O4)N5C(=O)O)c12. The van der Waals surface area contributed by atoms with E-state index in [-0.39, 0.29) is 75.3 Å². The van der Waals surface area contributed by atoms with Gasteiger partial charge in [-0.2, -0.15) is 14.9 Å². The summed E-state index contributed by atoms with van der Waals surface area (Å²) in [5.74, 6) is -1.50. The van der Waals surface area contributed by atoms with Crippen molar-refractivity contribution in [3.05, 3.63) is 35.6 Å². The number of carbonyl (C=O) groups is 3. The highest BCUT2D eigenvalue weighted by molar-refractivity contribution is 6.11. The smallest absolute Gasteiger partial charge is 0.425 e. The molecule has 16 nitrogen and oxygen atoms in total. The molecule has 5 aliphatic heterocycles. The van der Waals surface area contributed by atoms with E-state index in [1.807, 2.05) is 4.90 Å². The molecule has 5 unspecified atom stereocenters. The Morgan fingerprint density at radius 1 is 1.03 bits per heavy atom. The first-order valence-corrected chi connectivity index (χ1v) is 21.4. The fourth-order valence-corrected chi connectivity index (χ4v) is 10.2. The Labute approximate surface area is 367 Å². The van der Waals surface area contributed by atoms with Gasteiger partial charge in [0.05, 0.1) is 35.7 Å². The highest BCUT2D eigenvalue weighted by Gasteiger charge is 2.57. The summed E-state index contributed by atoms with van der Waals surface area (Å²) in [7, 11) is 0. The van der Waals surface area contributed by atoms with Gasteiger partial charge in [-0.25, -0.2) is 37.5 Å². The van der Waals surface area contributed by atoms with Crippen molar-refractivity contribution in [3.63, 3.8) is 0 Å². The number of ether oxygens (including phenoxy) is 4. The summed E-state index contributed by atoms with van der Waals surface area (Å²) in [6.45, 7) is 11.6. The third kappa shape index (κ3) is 7.38. The summed E-state index contributed by atoms with van der Waals surface area (Å²) >= 11 is 0. The average molecular weight is 887 g/mol. The van der Waals surface area contributed by atoms with Crippen molar-refractivity contribution in [1.82, 2.24) is 29.7 Å². The van der Waals surface area contributed by atoms with Crippen molar-refractivity contribution in [2.24, 2.45) is 0 Å². The Kier molecular flexibility index (Phi) is 10.1. The number of hydrogen-bond acceptors (Lipinski definition) is 13. The van der Waals surface area contributed by atoms with Crippen LogP contribution in [-0.2, 0) is 9.47 Å². The van der Waals surface area contributed by atoms with Crippen LogP contribution in [0.2, 0.25) is 0 Å². The topological polar surface area (TPSA) is 173 Å². The van der Waals surface area contributed by atoms with E-state index in [0.717, 1.165) is 0 Å². The molecule has 1 N–H and O–H groups in total. The number of carbonyl (C=O) groups excluding carboxylic acids is 2. The minimum Gasteiger partial charge on any atom is -0.472 e. The molecule has 0 aliphatic carbocycles. The van der Waals surface area contributed by atoms with Gasteiger partial charge in [-0.05, 0) is 98.9 Å². The molecule has 4 aromatic rings. The molecule has 4 fully saturated rings. The lowest BCUT2D eigenvalue weighted by Gasteiger charge is -2.47. The molecule has 338 valence electrons. The molecule has 4 saturated heterocycles. The molecule has 3 aromatic heterocycles. The van der Waals surface area contributed by atoms with Gasteiger partial charge in [0.1, 0.15) is 52.1 Å². The quantitative estimate of drug-likeness (QED) is 0.193. The second kappa shape index (κ2) is 15.0. The minimum atomic E-state index is -2.92. The number of rotatable bonds is 5. The van der Waals surface area contributed by atoms with Crippen molar-refractivity contribution in [3.8, 4) is 35.5 Å². The summed E-state index contributed by atoms with van der Waals surface area (Å²) in [6.07, 6.45) is 3.82. The molecule has 0 saturated carbocycles. The lowest BCUT2D eigenvalue weighted by molar-refractivity contribution is 0.00799. The van der Waals surface area contributed by atoms with Gasteiger partial charge in [0, 0.05) is 29.5 Å². The van der Waals surface area contributed by atoms with Crippen LogP contribution in [0.4, 0.5) is 39.2 Å². The summed E-state index contributed by atoms with van der Waals surface area (Å²) in [5, 5.41) is 10.6. The first kappa shape index (κ1) is 43.1. The van der Waals surface area contributed by atoms with Crippen LogP contribution in [0.3, 0.4) is 0 Å². The molecule has 64 heavy (non-hydrogen) atoms. The van der Waals surface area contributed by atoms with E-state index in [4.69, 9.17) is 35.3 Å². The van der Waals surface area contributed by atoms with Crippen molar-refractivity contribution < 1.29 is 51.6 Å². The van der Waals surface area contributed by atoms with Crippen LogP contribution in [0, 0.1) is 18.2 Å². The molecule has 0 spiro atoms. The third-order valence-corrected chi connectivity index (χ3v) is 12.5. The summed E-state index contributed by atoms with van der Waals surface area (Å²) < 4.78 is 71.9. The Morgan fingerprint density at radius 2 is 1.75 bits per heavy atom. The Hall–Kier alpha value is -6.16. The molecule has 9 rings (SSSR count). The molecular formula is C45H49F3N8O8. The summed E-state index contributed by atoms with van der Waals surface area (Å²) in [4.78, 5) is 65.0. The maximum atomic E-state index is 18.0. The fourth-order valence-electron chi connectivity index (χ4n) is 10.2. The number of nitrogens with zero attached hydrogens (tertiary/aromatic N) is 8. The van der Waals surface area contributed by atoms with Crippen LogP contribution in [0.25, 0.3) is 33.1 Å². The van der Waals surface area contributed by atoms with E-state index >= 15 is 4.39 Å². The predicted molar refractivity (Wildman–Crippen MR) is 227 cm³/mol. The number of piperazine rings is 1. The number of aromatic nitrogens is 4. The summed E-state index contributed by atoms with van der Waals surface area (Å²) in [6, 6.07) is 4.25. The standard InChI is InChI=1S/C45H49F3N8O8/c1-9-24-12-10-13-27-30(24)26(18-29(49-27)56(40(59)63-42(3,4)5)41(60)64-43(6,7)8)33-32(46)34-31-36(52-38(51-34)61-22-44-16-11-17-53(44)21-45(47,48)20-44)54-19-25-14-15-28(55(25)39(57)58)35(54)23(2)62-37(31)50-33/h1,10,12-13,18,23,25,28,35H,11,14-17,19-22H2,2-8H3,(H,57,58). The van der Waals surface area contributed by atoms with E-state index < -0.39 is 84.0 Å².